The van der Waals surface area contributed by atoms with E-state index in [0.29, 0.717) is 0 Å². The summed E-state index contributed by atoms with van der Waals surface area (Å²) in [5.74, 6) is -2.22. The normalized spacial score (nSPS) is 10.5. The molecule has 0 aromatic carbocycles. The molecule has 0 atom stereocenters. The highest BCUT2D eigenvalue weighted by Crippen LogP contribution is 1.92. The van der Waals surface area contributed by atoms with Crippen LogP contribution in [0, 0.1) is 0 Å². The lowest BCUT2D eigenvalue weighted by atomic mass is 10.3. The predicted octanol–water partition coefficient (Wildman–Crippen LogP) is -0.283. The monoisotopic (exact) mass is 158 g/mol. The standard InChI is InChI=1S/C6H6O5/c1-4(6(9)10)2-5(8)11-3-7/h2-3H,1H3,(H,9,10)/b4-2-. The zero-order chi connectivity index (χ0) is 8.85. The molecule has 0 bridgehead atoms. The maximum Gasteiger partial charge on any atom is 0.338 e. The van der Waals surface area contributed by atoms with Crippen molar-refractivity contribution in [2.75, 3.05) is 0 Å². The molecule has 0 rings (SSSR count). The molecule has 1 N–H and O–H groups in total. The highest BCUT2D eigenvalue weighted by atomic mass is 16.6. The average Bonchev–Trinajstić information content (AvgIpc) is 1.87. The second-order valence-corrected chi connectivity index (χ2v) is 1.67. The van der Waals surface area contributed by atoms with Gasteiger partial charge in [0, 0.05) is 11.6 Å². The Bertz CT molecular complexity index is 215. The Morgan fingerprint density at radius 1 is 1.45 bits per heavy atom. The molecular formula is C6H6O5. The smallest absolute Gasteiger partial charge is 0.338 e. The highest BCUT2D eigenvalue weighted by Gasteiger charge is 2.03. The van der Waals surface area contributed by atoms with E-state index in [1.165, 1.54) is 6.92 Å². The van der Waals surface area contributed by atoms with E-state index in [1.54, 1.807) is 0 Å². The molecule has 0 aliphatic carbocycles. The van der Waals surface area contributed by atoms with Gasteiger partial charge >= 0.3 is 18.4 Å². The Labute approximate surface area is 62.3 Å². The minimum atomic E-state index is -1.23. The molecule has 0 aliphatic rings. The minimum absolute atomic E-state index is 0.0615. The second-order valence-electron chi connectivity index (χ2n) is 1.67. The van der Waals surface area contributed by atoms with Crippen LogP contribution in [0.15, 0.2) is 11.6 Å². The van der Waals surface area contributed by atoms with Gasteiger partial charge in [-0.1, -0.05) is 0 Å². The maximum absolute atomic E-state index is 10.4. The number of esters is 1. The highest BCUT2D eigenvalue weighted by molar-refractivity contribution is 5.96. The molecule has 11 heavy (non-hydrogen) atoms. The van der Waals surface area contributed by atoms with Gasteiger partial charge in [-0.2, -0.15) is 0 Å². The third kappa shape index (κ3) is 3.85. The van der Waals surface area contributed by atoms with Gasteiger partial charge in [0.15, 0.2) is 0 Å². The van der Waals surface area contributed by atoms with Crippen molar-refractivity contribution in [1.29, 1.82) is 0 Å². The van der Waals surface area contributed by atoms with E-state index in [1.807, 2.05) is 0 Å². The topological polar surface area (TPSA) is 80.7 Å². The molecule has 0 heterocycles. The summed E-state index contributed by atoms with van der Waals surface area (Å²) >= 11 is 0. The van der Waals surface area contributed by atoms with Gasteiger partial charge in [-0.3, -0.25) is 4.79 Å². The molecule has 0 saturated carbocycles. The number of ether oxygens (including phenoxy) is 1. The minimum Gasteiger partial charge on any atom is -0.478 e. The van der Waals surface area contributed by atoms with Crippen LogP contribution < -0.4 is 0 Å². The predicted molar refractivity (Wildman–Crippen MR) is 33.5 cm³/mol. The molecule has 0 saturated heterocycles. The van der Waals surface area contributed by atoms with Crippen LogP contribution in [0.5, 0.6) is 0 Å². The van der Waals surface area contributed by atoms with Gasteiger partial charge in [-0.05, 0) is 6.92 Å². The molecular weight excluding hydrogens is 152 g/mol. The molecule has 5 nitrogen and oxygen atoms in total. The van der Waals surface area contributed by atoms with Crippen LogP contribution in [-0.2, 0) is 19.1 Å². The summed E-state index contributed by atoms with van der Waals surface area (Å²) in [6.07, 6.45) is 0.719. The molecule has 0 aromatic rings. The first kappa shape index (κ1) is 9.35. The van der Waals surface area contributed by atoms with Crippen LogP contribution in [0.4, 0.5) is 0 Å². The van der Waals surface area contributed by atoms with E-state index in [4.69, 9.17) is 5.11 Å². The van der Waals surface area contributed by atoms with Gasteiger partial charge in [0.05, 0.1) is 0 Å². The second kappa shape index (κ2) is 4.21. The number of carboxylic acids is 1. The molecule has 60 valence electrons. The van der Waals surface area contributed by atoms with E-state index >= 15 is 0 Å². The molecule has 0 aromatic heterocycles. The van der Waals surface area contributed by atoms with Gasteiger partial charge in [0.1, 0.15) is 0 Å². The number of carbonyl (C=O) groups is 3. The van der Waals surface area contributed by atoms with E-state index in [9.17, 15) is 14.4 Å². The van der Waals surface area contributed by atoms with Crippen molar-refractivity contribution in [2.45, 2.75) is 6.92 Å². The Morgan fingerprint density at radius 3 is 2.36 bits per heavy atom. The molecule has 0 radical (unpaired) electrons. The number of aliphatic carboxylic acids is 1. The van der Waals surface area contributed by atoms with Crippen LogP contribution in [0.2, 0.25) is 0 Å². The van der Waals surface area contributed by atoms with Gasteiger partial charge in [-0.25, -0.2) is 9.59 Å². The summed E-state index contributed by atoms with van der Waals surface area (Å²) < 4.78 is 3.80. The summed E-state index contributed by atoms with van der Waals surface area (Å²) in [6.45, 7) is 1.16. The van der Waals surface area contributed by atoms with Crippen molar-refractivity contribution in [3.05, 3.63) is 11.6 Å². The third-order valence-electron chi connectivity index (χ3n) is 0.836. The Balaban J connectivity index is 4.18. The van der Waals surface area contributed by atoms with Crippen molar-refractivity contribution in [1.82, 2.24) is 0 Å². The molecule has 0 amide bonds. The summed E-state index contributed by atoms with van der Waals surface area (Å²) in [5.41, 5.74) is -0.183. The first-order valence-electron chi connectivity index (χ1n) is 2.63. The molecule has 5 heteroatoms. The fraction of sp³-hybridized carbons (Fsp3) is 0.167. The van der Waals surface area contributed by atoms with Gasteiger partial charge in [0.25, 0.3) is 0 Å². The van der Waals surface area contributed by atoms with Crippen molar-refractivity contribution >= 4 is 18.4 Å². The first-order chi connectivity index (χ1) is 5.07. The first-order valence-corrected chi connectivity index (χ1v) is 2.63. The summed E-state index contributed by atoms with van der Waals surface area (Å²) in [4.78, 5) is 30.0. The average molecular weight is 158 g/mol. The van der Waals surface area contributed by atoms with Gasteiger partial charge in [-0.15, -0.1) is 0 Å². The Hall–Kier alpha value is -1.65. The van der Waals surface area contributed by atoms with Crippen LogP contribution in [0.3, 0.4) is 0 Å². The number of hydrogen-bond acceptors (Lipinski definition) is 4. The van der Waals surface area contributed by atoms with E-state index in [2.05, 4.69) is 4.74 Å². The van der Waals surface area contributed by atoms with Crippen molar-refractivity contribution in [3.8, 4) is 0 Å². The zero-order valence-electron chi connectivity index (χ0n) is 5.73. The fourth-order valence-corrected chi connectivity index (χ4v) is 0.320. The SMILES string of the molecule is C/C(=C/C(=O)OC=O)C(=O)O. The molecule has 0 aliphatic heterocycles. The molecule has 0 spiro atoms. The third-order valence-corrected chi connectivity index (χ3v) is 0.836. The van der Waals surface area contributed by atoms with E-state index < -0.39 is 11.9 Å². The number of rotatable bonds is 3. The number of carboxylic acid groups (broad SMARTS) is 1. The van der Waals surface area contributed by atoms with Crippen LogP contribution in [-0.4, -0.2) is 23.5 Å². The van der Waals surface area contributed by atoms with Crippen molar-refractivity contribution in [2.24, 2.45) is 0 Å². The van der Waals surface area contributed by atoms with Crippen LogP contribution in [0.1, 0.15) is 6.92 Å². The van der Waals surface area contributed by atoms with Gasteiger partial charge in [0.2, 0.25) is 0 Å². The van der Waals surface area contributed by atoms with Crippen molar-refractivity contribution < 1.29 is 24.2 Å². The Kier molecular flexibility index (Phi) is 3.58. The Morgan fingerprint density at radius 2 is 2.00 bits per heavy atom. The number of carbonyl (C=O) groups excluding carboxylic acids is 2. The van der Waals surface area contributed by atoms with Crippen LogP contribution >= 0.6 is 0 Å². The lowest BCUT2D eigenvalue weighted by Gasteiger charge is -1.90. The summed E-state index contributed by atoms with van der Waals surface area (Å²) in [5, 5.41) is 8.23. The largest absolute Gasteiger partial charge is 0.478 e. The van der Waals surface area contributed by atoms with Crippen molar-refractivity contribution in [3.63, 3.8) is 0 Å². The lowest BCUT2D eigenvalue weighted by Crippen LogP contribution is -2.03. The summed E-state index contributed by atoms with van der Waals surface area (Å²) in [7, 11) is 0. The fourth-order valence-electron chi connectivity index (χ4n) is 0.320. The maximum atomic E-state index is 10.4. The number of hydrogen-bond donors (Lipinski definition) is 1. The lowest BCUT2D eigenvalue weighted by molar-refractivity contribution is -0.147. The van der Waals surface area contributed by atoms with Crippen LogP contribution in [0.25, 0.3) is 0 Å². The van der Waals surface area contributed by atoms with E-state index in [-0.39, 0.29) is 12.0 Å². The summed E-state index contributed by atoms with van der Waals surface area (Å²) in [6, 6.07) is 0. The molecule has 0 fully saturated rings. The van der Waals surface area contributed by atoms with Gasteiger partial charge < -0.3 is 9.84 Å². The van der Waals surface area contributed by atoms with E-state index in [0.717, 1.165) is 6.08 Å². The zero-order valence-corrected chi connectivity index (χ0v) is 5.73. The quantitative estimate of drug-likeness (QED) is 0.264. The molecule has 0 unspecified atom stereocenters.